The predicted molar refractivity (Wildman–Crippen MR) is 184 cm³/mol. The molecule has 2 bridgehead atoms. The Morgan fingerprint density at radius 3 is 2.77 bits per heavy atom. The maximum absolute atomic E-state index is 16.1. The van der Waals surface area contributed by atoms with Crippen molar-refractivity contribution in [2.75, 3.05) is 37.7 Å². The van der Waals surface area contributed by atoms with Gasteiger partial charge in [0.05, 0.1) is 33.4 Å². The van der Waals surface area contributed by atoms with E-state index in [1.807, 2.05) is 38.7 Å². The Balaban J connectivity index is 1.71. The number of nitrogens with zero attached hydrogens (tertiary/aromatic N) is 5. The van der Waals surface area contributed by atoms with Crippen LogP contribution >= 0.6 is 11.6 Å². The molecule has 11 nitrogen and oxygen atoms in total. The van der Waals surface area contributed by atoms with Crippen LogP contribution in [0.25, 0.3) is 28.0 Å². The smallest absolute Gasteiger partial charge is 0.355 e. The summed E-state index contributed by atoms with van der Waals surface area (Å²) in [6.07, 6.45) is 2.66. The molecule has 1 aromatic carbocycles. The third kappa shape index (κ3) is 5.75. The number of hydrogen-bond acceptors (Lipinski definition) is 9. The summed E-state index contributed by atoms with van der Waals surface area (Å²) < 4.78 is 29.7. The van der Waals surface area contributed by atoms with Gasteiger partial charge in [0.1, 0.15) is 30.4 Å². The molecule has 0 radical (unpaired) electrons. The molecule has 254 valence electrons. The van der Waals surface area contributed by atoms with Crippen LogP contribution in [-0.4, -0.2) is 87.6 Å². The molecule has 13 heteroatoms. The molecule has 3 aromatic rings. The van der Waals surface area contributed by atoms with E-state index in [4.69, 9.17) is 26.1 Å². The molecule has 2 N–H and O–H groups in total. The number of nitrogens with one attached hydrogen (secondary N) is 1. The van der Waals surface area contributed by atoms with Crippen molar-refractivity contribution in [3.8, 4) is 17.0 Å². The van der Waals surface area contributed by atoms with Crippen LogP contribution in [0.15, 0.2) is 53.5 Å². The Morgan fingerprint density at radius 2 is 2.08 bits per heavy atom. The summed E-state index contributed by atoms with van der Waals surface area (Å²) in [7, 11) is 0. The Hall–Kier alpha value is -4.26. The van der Waals surface area contributed by atoms with Gasteiger partial charge in [0.2, 0.25) is 5.91 Å². The Bertz CT molecular complexity index is 1910. The van der Waals surface area contributed by atoms with Crippen molar-refractivity contribution in [1.29, 1.82) is 0 Å². The Kier molecular flexibility index (Phi) is 9.34. The molecule has 4 atom stereocenters. The van der Waals surface area contributed by atoms with E-state index in [1.165, 1.54) is 16.7 Å². The first-order valence-electron chi connectivity index (χ1n) is 16.2. The molecule has 3 aliphatic heterocycles. The van der Waals surface area contributed by atoms with Crippen LogP contribution in [0.1, 0.15) is 33.3 Å². The van der Waals surface area contributed by atoms with E-state index in [1.54, 1.807) is 30.2 Å². The highest BCUT2D eigenvalue weighted by Gasteiger charge is 2.36. The van der Waals surface area contributed by atoms with E-state index in [-0.39, 0.29) is 58.8 Å². The number of aryl methyl sites for hydroxylation is 1. The van der Waals surface area contributed by atoms with Crippen molar-refractivity contribution in [3.63, 3.8) is 0 Å². The summed E-state index contributed by atoms with van der Waals surface area (Å²) >= 11 is 6.32. The number of rotatable bonds is 5. The van der Waals surface area contributed by atoms with Crippen LogP contribution in [0.3, 0.4) is 0 Å². The number of carbonyl (C=O) groups excluding carboxylic acids is 1. The number of aliphatic hydroxyl groups is 1. The summed E-state index contributed by atoms with van der Waals surface area (Å²) in [5, 5.41) is 15.7. The van der Waals surface area contributed by atoms with Crippen LogP contribution in [0, 0.1) is 18.7 Å². The Labute approximate surface area is 283 Å². The minimum atomic E-state index is -1.23. The molecule has 1 fully saturated rings. The molecule has 3 aliphatic rings. The van der Waals surface area contributed by atoms with E-state index in [9.17, 15) is 14.7 Å². The average Bonchev–Trinajstić information content (AvgIpc) is 3.06. The van der Waals surface area contributed by atoms with Gasteiger partial charge in [-0.25, -0.2) is 18.7 Å². The van der Waals surface area contributed by atoms with Crippen LogP contribution in [-0.2, 0) is 9.53 Å². The second-order valence-electron chi connectivity index (χ2n) is 12.7. The van der Waals surface area contributed by atoms with Gasteiger partial charge in [0.25, 0.3) is 0 Å². The maximum Gasteiger partial charge on any atom is 0.355 e. The normalized spacial score (nSPS) is 22.5. The number of ether oxygens (including phenoxy) is 2. The molecule has 2 aromatic heterocycles. The lowest BCUT2D eigenvalue weighted by atomic mass is 9.90. The fraction of sp³-hybridized carbons (Fsp3) is 0.429. The third-order valence-electron chi connectivity index (χ3n) is 9.21. The van der Waals surface area contributed by atoms with E-state index in [0.29, 0.717) is 47.7 Å². The minimum Gasteiger partial charge on any atom is -0.490 e. The molecule has 1 saturated heterocycles. The van der Waals surface area contributed by atoms with Crippen molar-refractivity contribution in [2.24, 2.45) is 5.92 Å². The molecule has 6 rings (SSSR count). The number of pyridine rings is 1. The molecular weight excluding hydrogens is 639 g/mol. The number of amides is 1. The number of hydrogen-bond donors (Lipinski definition) is 2. The highest BCUT2D eigenvalue weighted by molar-refractivity contribution is 6.31. The monoisotopic (exact) mass is 678 g/mol. The highest BCUT2D eigenvalue weighted by atomic mass is 35.5. The standard InChI is InChI=1S/C35H40ClFN6O5/c1-7-26(44)41-13-14-42(20(6)16-41)33-22-15-19(5)30-27-24(10-9-23(36)28(27)37)48-17-25(47-8-2)32(45)21-11-12-38-29(18(3)4)31(21)43(34(22)39-30)35(46)40-33/h7,9-12,15,18,20,25,29,32,38,45H,1,8,13-14,16-17H2,2-6H3/t20-,25?,29?,32?/m0/s1. The van der Waals surface area contributed by atoms with E-state index >= 15 is 4.39 Å². The number of anilines is 1. The first-order valence-corrected chi connectivity index (χ1v) is 16.5. The predicted octanol–water partition coefficient (Wildman–Crippen LogP) is 4.29. The number of halogens is 2. The zero-order chi connectivity index (χ0) is 34.4. The van der Waals surface area contributed by atoms with Gasteiger partial charge in [-0.1, -0.05) is 32.0 Å². The number of aromatic nitrogens is 3. The third-order valence-corrected chi connectivity index (χ3v) is 9.50. The fourth-order valence-electron chi connectivity index (χ4n) is 6.82. The fourth-order valence-corrected chi connectivity index (χ4v) is 6.98. The first kappa shape index (κ1) is 33.6. The molecule has 3 unspecified atom stereocenters. The molecule has 5 heterocycles. The lowest BCUT2D eigenvalue weighted by molar-refractivity contribution is -0.126. The number of aliphatic hydroxyl groups excluding tert-OH is 1. The Morgan fingerprint density at radius 1 is 1.31 bits per heavy atom. The van der Waals surface area contributed by atoms with Gasteiger partial charge >= 0.3 is 5.69 Å². The topological polar surface area (TPSA) is 122 Å². The maximum atomic E-state index is 16.1. The largest absolute Gasteiger partial charge is 0.490 e. The lowest BCUT2D eigenvalue weighted by Gasteiger charge is -2.41. The van der Waals surface area contributed by atoms with Crippen molar-refractivity contribution in [3.05, 3.63) is 75.6 Å². The van der Waals surface area contributed by atoms with Crippen LogP contribution in [0.4, 0.5) is 10.2 Å². The van der Waals surface area contributed by atoms with E-state index in [0.717, 1.165) is 0 Å². The second-order valence-corrected chi connectivity index (χ2v) is 13.1. The molecule has 0 saturated carbocycles. The van der Waals surface area contributed by atoms with Gasteiger partial charge in [-0.3, -0.25) is 4.79 Å². The summed E-state index contributed by atoms with van der Waals surface area (Å²) in [5.74, 6) is -0.366. The molecule has 0 aliphatic carbocycles. The zero-order valence-electron chi connectivity index (χ0n) is 27.7. The minimum absolute atomic E-state index is 0.0331. The van der Waals surface area contributed by atoms with Crippen LogP contribution in [0.2, 0.25) is 5.02 Å². The van der Waals surface area contributed by atoms with E-state index in [2.05, 4.69) is 16.9 Å². The SMILES string of the molecule is C=CC(=O)N1CCN(c2nc(=O)n3c4nc(c(C)cc24)-c2c(ccc(Cl)c2F)OCC(OCC)C(O)C2=C3C(C(C)C)NC=C2)[C@@H](C)C1. The number of carbonyl (C=O) groups is 1. The number of benzene rings is 1. The molecule has 1 amide bonds. The zero-order valence-corrected chi connectivity index (χ0v) is 28.4. The number of dihydropyridines is 1. The molecule has 48 heavy (non-hydrogen) atoms. The first-order chi connectivity index (χ1) is 23.0. The van der Waals surface area contributed by atoms with Gasteiger partial charge in [-0.2, -0.15) is 4.98 Å². The van der Waals surface area contributed by atoms with Crippen molar-refractivity contribution in [2.45, 2.75) is 58.9 Å². The second kappa shape index (κ2) is 13.3. The van der Waals surface area contributed by atoms with Gasteiger partial charge < -0.3 is 29.7 Å². The summed E-state index contributed by atoms with van der Waals surface area (Å²) in [6.45, 7) is 14.6. The molecular formula is C35H40ClFN6O5. The van der Waals surface area contributed by atoms with Gasteiger partial charge in [0.15, 0.2) is 11.5 Å². The average molecular weight is 679 g/mol. The quantitative estimate of drug-likeness (QED) is 0.381. The van der Waals surface area contributed by atoms with Crippen molar-refractivity contribution >= 4 is 40.1 Å². The number of piperazine rings is 1. The summed E-state index contributed by atoms with van der Waals surface area (Å²) in [5.41, 5.74) is 1.40. The highest BCUT2D eigenvalue weighted by Crippen LogP contribution is 2.41. The number of fused-ring (bicyclic) bond motifs is 4. The molecule has 0 spiro atoms. The van der Waals surface area contributed by atoms with Gasteiger partial charge in [-0.15, -0.1) is 0 Å². The van der Waals surface area contributed by atoms with Gasteiger partial charge in [0, 0.05) is 37.9 Å². The summed E-state index contributed by atoms with van der Waals surface area (Å²) in [6, 6.07) is 4.18. The van der Waals surface area contributed by atoms with Crippen LogP contribution in [0.5, 0.6) is 5.75 Å². The van der Waals surface area contributed by atoms with E-state index < -0.39 is 29.8 Å². The van der Waals surface area contributed by atoms with Crippen LogP contribution < -0.4 is 20.6 Å². The lowest BCUT2D eigenvalue weighted by Crippen LogP contribution is -2.54. The van der Waals surface area contributed by atoms with Gasteiger partial charge in [-0.05, 0) is 68.8 Å². The van der Waals surface area contributed by atoms with Crippen molar-refractivity contribution in [1.82, 2.24) is 24.8 Å². The van der Waals surface area contributed by atoms with Crippen molar-refractivity contribution < 1.29 is 23.8 Å². The summed E-state index contributed by atoms with van der Waals surface area (Å²) in [4.78, 5) is 40.3.